The first-order valence-corrected chi connectivity index (χ1v) is 8.35. The summed E-state index contributed by atoms with van der Waals surface area (Å²) in [5.41, 5.74) is 0.480. The lowest BCUT2D eigenvalue weighted by atomic mass is 10.1. The number of aryl methyl sites for hydroxylation is 1. The van der Waals surface area contributed by atoms with Crippen LogP contribution in [0.5, 0.6) is 0 Å². The van der Waals surface area contributed by atoms with Gasteiger partial charge < -0.3 is 14.3 Å². The summed E-state index contributed by atoms with van der Waals surface area (Å²) < 4.78 is 20.4. The van der Waals surface area contributed by atoms with Crippen LogP contribution < -0.4 is 10.9 Å². The molecule has 0 saturated carbocycles. The van der Waals surface area contributed by atoms with Crippen LogP contribution in [-0.2, 0) is 6.54 Å². The fourth-order valence-electron chi connectivity index (χ4n) is 2.90. The molecule has 0 aliphatic heterocycles. The maximum atomic E-state index is 13.4. The number of halogens is 1. The van der Waals surface area contributed by atoms with Gasteiger partial charge in [0.1, 0.15) is 17.2 Å². The summed E-state index contributed by atoms with van der Waals surface area (Å²) in [5, 5.41) is 3.10. The molecule has 0 unspecified atom stereocenters. The summed E-state index contributed by atoms with van der Waals surface area (Å²) in [7, 11) is 0. The Morgan fingerprint density at radius 1 is 1.27 bits per heavy atom. The predicted molar refractivity (Wildman–Crippen MR) is 97.9 cm³/mol. The van der Waals surface area contributed by atoms with E-state index in [0.29, 0.717) is 16.9 Å². The highest BCUT2D eigenvalue weighted by molar-refractivity contribution is 6.07. The first-order chi connectivity index (χ1) is 12.2. The summed E-state index contributed by atoms with van der Waals surface area (Å²) in [6, 6.07) is 7.72. The van der Waals surface area contributed by atoms with Gasteiger partial charge in [0.15, 0.2) is 0 Å². The molecule has 0 saturated heterocycles. The molecule has 0 fully saturated rings. The van der Waals surface area contributed by atoms with E-state index in [2.05, 4.69) is 5.32 Å². The molecule has 0 aliphatic rings. The van der Waals surface area contributed by atoms with Gasteiger partial charge in [0, 0.05) is 11.7 Å². The number of rotatable bonds is 3. The average Bonchev–Trinajstić information content (AvgIpc) is 2.85. The first-order valence-electron chi connectivity index (χ1n) is 8.35. The number of benzene rings is 1. The fourth-order valence-corrected chi connectivity index (χ4v) is 2.90. The Morgan fingerprint density at radius 2 is 2.00 bits per heavy atom. The fraction of sp³-hybridized carbons (Fsp3) is 0.300. The van der Waals surface area contributed by atoms with E-state index in [1.807, 2.05) is 20.8 Å². The third-order valence-corrected chi connectivity index (χ3v) is 3.95. The molecule has 136 valence electrons. The van der Waals surface area contributed by atoms with Gasteiger partial charge in [-0.05, 0) is 51.5 Å². The number of aromatic nitrogens is 1. The molecule has 3 rings (SSSR count). The Morgan fingerprint density at radius 3 is 2.65 bits per heavy atom. The molecule has 2 heterocycles. The van der Waals surface area contributed by atoms with Crippen molar-refractivity contribution in [3.63, 3.8) is 0 Å². The van der Waals surface area contributed by atoms with Crippen molar-refractivity contribution in [1.82, 2.24) is 9.88 Å². The van der Waals surface area contributed by atoms with Crippen LogP contribution in [0.15, 0.2) is 45.7 Å². The lowest BCUT2D eigenvalue weighted by Gasteiger charge is -2.20. The second-order valence-corrected chi connectivity index (χ2v) is 7.36. The highest BCUT2D eigenvalue weighted by Crippen LogP contribution is 2.23. The van der Waals surface area contributed by atoms with Gasteiger partial charge in [0.05, 0.1) is 17.5 Å². The summed E-state index contributed by atoms with van der Waals surface area (Å²) in [6.07, 6.45) is 1.59. The Hall–Kier alpha value is -2.89. The topological polar surface area (TPSA) is 64.2 Å². The van der Waals surface area contributed by atoms with Crippen LogP contribution >= 0.6 is 0 Å². The van der Waals surface area contributed by atoms with Crippen LogP contribution in [0.3, 0.4) is 0 Å². The number of nitrogens with one attached hydrogen (secondary N) is 1. The molecule has 1 N–H and O–H groups in total. The zero-order valence-electron chi connectivity index (χ0n) is 15.2. The molecule has 0 radical (unpaired) electrons. The summed E-state index contributed by atoms with van der Waals surface area (Å²) in [6.45, 7) is 7.46. The van der Waals surface area contributed by atoms with Crippen molar-refractivity contribution in [3.05, 3.63) is 69.6 Å². The van der Waals surface area contributed by atoms with Crippen molar-refractivity contribution in [2.45, 2.75) is 39.8 Å². The quantitative estimate of drug-likeness (QED) is 0.780. The minimum absolute atomic E-state index is 0.205. The molecule has 26 heavy (non-hydrogen) atoms. The van der Waals surface area contributed by atoms with Gasteiger partial charge in [-0.1, -0.05) is 12.1 Å². The number of carbonyl (C=O) groups is 1. The van der Waals surface area contributed by atoms with E-state index >= 15 is 0 Å². The Labute approximate surface area is 150 Å². The van der Waals surface area contributed by atoms with Crippen LogP contribution in [-0.4, -0.2) is 16.0 Å². The Balaban J connectivity index is 2.09. The van der Waals surface area contributed by atoms with Gasteiger partial charge in [0.25, 0.3) is 11.5 Å². The second kappa shape index (κ2) is 6.44. The largest absolute Gasteiger partial charge is 0.460 e. The highest BCUT2D eigenvalue weighted by atomic mass is 19.1. The molecule has 1 aromatic carbocycles. The van der Waals surface area contributed by atoms with Crippen LogP contribution in [0.25, 0.3) is 11.0 Å². The van der Waals surface area contributed by atoms with Crippen molar-refractivity contribution in [2.75, 3.05) is 0 Å². The molecule has 0 atom stereocenters. The Kier molecular flexibility index (Phi) is 4.44. The van der Waals surface area contributed by atoms with Crippen molar-refractivity contribution < 1.29 is 13.6 Å². The van der Waals surface area contributed by atoms with E-state index in [9.17, 15) is 14.0 Å². The third-order valence-electron chi connectivity index (χ3n) is 3.95. The molecule has 1 amide bonds. The number of carbonyl (C=O) groups excluding carboxylic acids is 1. The van der Waals surface area contributed by atoms with Crippen LogP contribution in [0.4, 0.5) is 4.39 Å². The summed E-state index contributed by atoms with van der Waals surface area (Å²) >= 11 is 0. The van der Waals surface area contributed by atoms with Crippen molar-refractivity contribution in [2.24, 2.45) is 0 Å². The minimum Gasteiger partial charge on any atom is -0.460 e. The zero-order chi connectivity index (χ0) is 19.1. The van der Waals surface area contributed by atoms with Gasteiger partial charge in [-0.3, -0.25) is 9.59 Å². The lowest BCUT2D eigenvalue weighted by molar-refractivity contribution is 0.0919. The number of nitrogens with zero attached hydrogens (tertiary/aromatic N) is 1. The van der Waals surface area contributed by atoms with Crippen LogP contribution in [0.1, 0.15) is 42.5 Å². The second-order valence-electron chi connectivity index (χ2n) is 7.36. The number of hydrogen-bond acceptors (Lipinski definition) is 3. The number of amides is 1. The monoisotopic (exact) mass is 356 g/mol. The van der Waals surface area contributed by atoms with E-state index in [1.165, 1.54) is 16.7 Å². The molecule has 2 aromatic heterocycles. The minimum atomic E-state index is -0.442. The smallest absolute Gasteiger partial charge is 0.262 e. The zero-order valence-corrected chi connectivity index (χ0v) is 15.2. The molecule has 0 spiro atoms. The molecule has 0 aliphatic carbocycles. The summed E-state index contributed by atoms with van der Waals surface area (Å²) in [4.78, 5) is 25.6. The lowest BCUT2D eigenvalue weighted by Crippen LogP contribution is -2.41. The van der Waals surface area contributed by atoms with Gasteiger partial charge in [-0.15, -0.1) is 0 Å². The predicted octanol–water partition coefficient (Wildman–Crippen LogP) is 3.62. The molecule has 0 bridgehead atoms. The van der Waals surface area contributed by atoms with Crippen molar-refractivity contribution in [3.8, 4) is 0 Å². The summed E-state index contributed by atoms with van der Waals surface area (Å²) in [5.74, 6) is -0.322. The number of fused-ring (bicyclic) bond motifs is 1. The highest BCUT2D eigenvalue weighted by Gasteiger charge is 2.24. The average molecular weight is 356 g/mol. The number of hydrogen-bond donors (Lipinski definition) is 1. The van der Waals surface area contributed by atoms with Crippen molar-refractivity contribution in [1.29, 1.82) is 0 Å². The molecular weight excluding hydrogens is 335 g/mol. The van der Waals surface area contributed by atoms with Crippen molar-refractivity contribution >= 4 is 16.9 Å². The van der Waals surface area contributed by atoms with E-state index < -0.39 is 5.54 Å². The van der Waals surface area contributed by atoms with E-state index in [0.717, 1.165) is 0 Å². The normalized spacial score (nSPS) is 11.7. The number of furan rings is 1. The van der Waals surface area contributed by atoms with Gasteiger partial charge >= 0.3 is 0 Å². The van der Waals surface area contributed by atoms with E-state index in [4.69, 9.17) is 4.42 Å². The van der Waals surface area contributed by atoms with Gasteiger partial charge in [0.2, 0.25) is 0 Å². The standard InChI is InChI=1S/C20H21FN2O3/c1-12-16(18(24)22-20(2,3)4)17-15(26-12)8-9-23(19(17)25)11-13-6-5-7-14(21)10-13/h5-10H,11H2,1-4H3,(H,22,24). The molecular formula is C20H21FN2O3. The van der Waals surface area contributed by atoms with Crippen LogP contribution in [0, 0.1) is 12.7 Å². The molecule has 3 aromatic rings. The van der Waals surface area contributed by atoms with E-state index in [1.54, 1.807) is 31.3 Å². The number of pyridine rings is 1. The third kappa shape index (κ3) is 3.54. The van der Waals surface area contributed by atoms with Gasteiger partial charge in [-0.25, -0.2) is 4.39 Å². The van der Waals surface area contributed by atoms with E-state index in [-0.39, 0.29) is 34.8 Å². The van der Waals surface area contributed by atoms with Crippen LogP contribution in [0.2, 0.25) is 0 Å². The van der Waals surface area contributed by atoms with Gasteiger partial charge in [-0.2, -0.15) is 0 Å². The maximum Gasteiger partial charge on any atom is 0.262 e. The molecule has 5 nitrogen and oxygen atoms in total. The first kappa shape index (κ1) is 17.9. The SMILES string of the molecule is Cc1oc2ccn(Cc3cccc(F)c3)c(=O)c2c1C(=O)NC(C)(C)C. The molecule has 6 heteroatoms. The Bertz CT molecular complexity index is 1040. The maximum absolute atomic E-state index is 13.4.